The molecular formula is C6H9N3S. The third-order valence-corrected chi connectivity index (χ3v) is 2.01. The van der Waals surface area contributed by atoms with Crippen molar-refractivity contribution in [3.63, 3.8) is 0 Å². The van der Waals surface area contributed by atoms with E-state index in [9.17, 15) is 0 Å². The largest absolute Gasteiger partial charge is 0.383 e. The van der Waals surface area contributed by atoms with Gasteiger partial charge in [-0.3, -0.25) is 5.14 Å². The number of hydrogen-bond acceptors (Lipinski definition) is 4. The van der Waals surface area contributed by atoms with E-state index in [1.165, 1.54) is 0 Å². The zero-order chi connectivity index (χ0) is 7.56. The molecule has 0 bridgehead atoms. The Morgan fingerprint density at radius 3 is 2.70 bits per heavy atom. The van der Waals surface area contributed by atoms with Crippen LogP contribution in [0.5, 0.6) is 0 Å². The summed E-state index contributed by atoms with van der Waals surface area (Å²) in [5, 5.41) is 5.35. The first-order valence-electron chi connectivity index (χ1n) is 2.83. The molecule has 0 aliphatic heterocycles. The molecule has 0 aliphatic carbocycles. The molecule has 0 aromatic carbocycles. The normalized spacial score (nSPS) is 9.80. The highest BCUT2D eigenvalue weighted by Gasteiger charge is 2.00. The van der Waals surface area contributed by atoms with Crippen LogP contribution in [-0.2, 0) is 0 Å². The molecule has 0 spiro atoms. The molecule has 0 fully saturated rings. The predicted octanol–water partition coefficient (Wildman–Crippen LogP) is 0.938. The van der Waals surface area contributed by atoms with Crippen LogP contribution in [-0.4, -0.2) is 4.98 Å². The van der Waals surface area contributed by atoms with E-state index in [0.29, 0.717) is 5.82 Å². The molecule has 0 radical (unpaired) electrons. The van der Waals surface area contributed by atoms with E-state index in [4.69, 9.17) is 10.9 Å². The lowest BCUT2D eigenvalue weighted by molar-refractivity contribution is 1.19. The standard InChI is InChI=1S/C6H9N3S/c1-4-2-3-9-6(7)5(4)10-8/h2-3H,8H2,1H3,(H2,7,9). The summed E-state index contributed by atoms with van der Waals surface area (Å²) in [4.78, 5) is 4.75. The van der Waals surface area contributed by atoms with E-state index in [1.54, 1.807) is 6.20 Å². The van der Waals surface area contributed by atoms with Gasteiger partial charge in [0.1, 0.15) is 5.82 Å². The maximum Gasteiger partial charge on any atom is 0.138 e. The predicted molar refractivity (Wildman–Crippen MR) is 43.4 cm³/mol. The van der Waals surface area contributed by atoms with Crippen LogP contribution >= 0.6 is 11.9 Å². The number of nitrogens with two attached hydrogens (primary N) is 2. The molecule has 1 aromatic heterocycles. The van der Waals surface area contributed by atoms with Gasteiger partial charge in [0, 0.05) is 6.20 Å². The molecule has 0 unspecified atom stereocenters. The molecule has 3 nitrogen and oxygen atoms in total. The lowest BCUT2D eigenvalue weighted by atomic mass is 10.3. The van der Waals surface area contributed by atoms with E-state index < -0.39 is 0 Å². The summed E-state index contributed by atoms with van der Waals surface area (Å²) in [6.45, 7) is 1.95. The van der Waals surface area contributed by atoms with Gasteiger partial charge in [0.2, 0.25) is 0 Å². The summed E-state index contributed by atoms with van der Waals surface area (Å²) in [6, 6.07) is 1.88. The molecular weight excluding hydrogens is 146 g/mol. The molecule has 1 rings (SSSR count). The van der Waals surface area contributed by atoms with E-state index >= 15 is 0 Å². The molecule has 0 saturated carbocycles. The SMILES string of the molecule is Cc1ccnc(N)c1SN. The third kappa shape index (κ3) is 1.22. The fraction of sp³-hybridized carbons (Fsp3) is 0.167. The smallest absolute Gasteiger partial charge is 0.138 e. The summed E-state index contributed by atoms with van der Waals surface area (Å²) in [5.41, 5.74) is 6.59. The molecule has 54 valence electrons. The van der Waals surface area contributed by atoms with Gasteiger partial charge in [-0.2, -0.15) is 0 Å². The van der Waals surface area contributed by atoms with Gasteiger partial charge in [0.25, 0.3) is 0 Å². The number of nitrogen functional groups attached to an aromatic ring is 1. The minimum absolute atomic E-state index is 0.507. The second-order valence-corrected chi connectivity index (χ2v) is 2.60. The number of nitrogens with zero attached hydrogens (tertiary/aromatic N) is 1. The molecule has 0 saturated heterocycles. The fourth-order valence-electron chi connectivity index (χ4n) is 0.719. The Balaban J connectivity index is 3.17. The molecule has 0 atom stereocenters. The fourth-order valence-corrected chi connectivity index (χ4v) is 1.15. The van der Waals surface area contributed by atoms with Crippen molar-refractivity contribution in [2.45, 2.75) is 11.8 Å². The molecule has 1 aromatic rings. The van der Waals surface area contributed by atoms with Gasteiger partial charge in [0.15, 0.2) is 0 Å². The van der Waals surface area contributed by atoms with Crippen molar-refractivity contribution in [2.75, 3.05) is 5.73 Å². The Hall–Kier alpha value is -0.740. The number of aryl methyl sites for hydroxylation is 1. The van der Waals surface area contributed by atoms with Crippen LogP contribution in [0.15, 0.2) is 17.2 Å². The number of aromatic nitrogens is 1. The lowest BCUT2D eigenvalue weighted by Crippen LogP contribution is -1.96. The Morgan fingerprint density at radius 2 is 2.30 bits per heavy atom. The maximum atomic E-state index is 5.52. The van der Waals surface area contributed by atoms with Crippen molar-refractivity contribution < 1.29 is 0 Å². The minimum atomic E-state index is 0.507. The van der Waals surface area contributed by atoms with Crippen molar-refractivity contribution in [2.24, 2.45) is 5.14 Å². The number of hydrogen-bond donors (Lipinski definition) is 2. The van der Waals surface area contributed by atoms with Crippen LogP contribution in [0.25, 0.3) is 0 Å². The summed E-state index contributed by atoms with van der Waals surface area (Å²) in [7, 11) is 0. The highest BCUT2D eigenvalue weighted by Crippen LogP contribution is 2.21. The Labute approximate surface area is 64.0 Å². The zero-order valence-corrected chi connectivity index (χ0v) is 6.48. The van der Waals surface area contributed by atoms with Gasteiger partial charge in [-0.05, 0) is 30.5 Å². The summed E-state index contributed by atoms with van der Waals surface area (Å²) in [6.07, 6.45) is 1.67. The number of pyridine rings is 1. The molecule has 10 heavy (non-hydrogen) atoms. The third-order valence-electron chi connectivity index (χ3n) is 1.25. The summed E-state index contributed by atoms with van der Waals surface area (Å²) in [5.74, 6) is 0.507. The van der Waals surface area contributed by atoms with Crippen molar-refractivity contribution in [1.29, 1.82) is 0 Å². The van der Waals surface area contributed by atoms with Gasteiger partial charge < -0.3 is 5.73 Å². The quantitative estimate of drug-likeness (QED) is 0.592. The maximum absolute atomic E-state index is 5.52. The Kier molecular flexibility index (Phi) is 2.13. The average Bonchev–Trinajstić information content (AvgIpc) is 1.88. The highest BCUT2D eigenvalue weighted by atomic mass is 32.2. The van der Waals surface area contributed by atoms with Gasteiger partial charge in [-0.1, -0.05) is 0 Å². The van der Waals surface area contributed by atoms with Crippen LogP contribution in [0.3, 0.4) is 0 Å². The number of anilines is 1. The van der Waals surface area contributed by atoms with Gasteiger partial charge in [-0.25, -0.2) is 4.98 Å². The van der Waals surface area contributed by atoms with E-state index in [2.05, 4.69) is 4.98 Å². The van der Waals surface area contributed by atoms with Crippen molar-refractivity contribution in [3.05, 3.63) is 17.8 Å². The van der Waals surface area contributed by atoms with Crippen LogP contribution in [0, 0.1) is 6.92 Å². The van der Waals surface area contributed by atoms with Crippen LogP contribution in [0.1, 0.15) is 5.56 Å². The van der Waals surface area contributed by atoms with Crippen molar-refractivity contribution >= 4 is 17.8 Å². The van der Waals surface area contributed by atoms with E-state index in [0.717, 1.165) is 22.4 Å². The Morgan fingerprint density at radius 1 is 1.60 bits per heavy atom. The first-order valence-corrected chi connectivity index (χ1v) is 3.71. The monoisotopic (exact) mass is 155 g/mol. The topological polar surface area (TPSA) is 64.9 Å². The first kappa shape index (κ1) is 7.37. The molecule has 4 N–H and O–H groups in total. The Bertz CT molecular complexity index is 216. The second kappa shape index (κ2) is 2.90. The summed E-state index contributed by atoms with van der Waals surface area (Å²) < 4.78 is 0. The molecule has 1 heterocycles. The average molecular weight is 155 g/mol. The zero-order valence-electron chi connectivity index (χ0n) is 5.66. The van der Waals surface area contributed by atoms with Crippen LogP contribution in [0.2, 0.25) is 0 Å². The molecule has 0 aliphatic rings. The lowest BCUT2D eigenvalue weighted by Gasteiger charge is -2.02. The first-order chi connectivity index (χ1) is 4.75. The second-order valence-electron chi connectivity index (χ2n) is 1.96. The van der Waals surface area contributed by atoms with E-state index in [-0.39, 0.29) is 0 Å². The summed E-state index contributed by atoms with van der Waals surface area (Å²) >= 11 is 1.13. The number of rotatable bonds is 1. The van der Waals surface area contributed by atoms with Gasteiger partial charge >= 0.3 is 0 Å². The molecule has 4 heteroatoms. The van der Waals surface area contributed by atoms with E-state index in [1.807, 2.05) is 13.0 Å². The van der Waals surface area contributed by atoms with Gasteiger partial charge in [-0.15, -0.1) is 0 Å². The van der Waals surface area contributed by atoms with Crippen molar-refractivity contribution in [1.82, 2.24) is 4.98 Å². The van der Waals surface area contributed by atoms with Crippen LogP contribution in [0.4, 0.5) is 5.82 Å². The highest BCUT2D eigenvalue weighted by molar-refractivity contribution is 7.97. The molecule has 0 amide bonds. The van der Waals surface area contributed by atoms with Crippen molar-refractivity contribution in [3.8, 4) is 0 Å². The minimum Gasteiger partial charge on any atom is -0.383 e. The van der Waals surface area contributed by atoms with Gasteiger partial charge in [0.05, 0.1) is 4.90 Å². The van der Waals surface area contributed by atoms with Crippen LogP contribution < -0.4 is 10.9 Å².